The fraction of sp³-hybridized carbons (Fsp3) is 0.100. The monoisotopic (exact) mass is 336 g/mol. The van der Waals surface area contributed by atoms with Crippen LogP contribution in [0.4, 0.5) is 0 Å². The number of halogens is 1. The van der Waals surface area contributed by atoms with Gasteiger partial charge in [0.25, 0.3) is 0 Å². The Bertz CT molecular complexity index is 753. The predicted octanol–water partition coefficient (Wildman–Crippen LogP) is 6.40. The largest absolute Gasteiger partial charge is 0.0622 e. The standard InChI is InChI=1S/C20H17Br/c1-14-11-12-17(16-8-4-3-5-9-16)13-18(14)20-15(2)7-6-10-19(20)21/h3-13H,1-2H3. The van der Waals surface area contributed by atoms with Crippen LogP contribution in [-0.2, 0) is 0 Å². The smallest absolute Gasteiger partial charge is 0.0256 e. The van der Waals surface area contributed by atoms with Crippen molar-refractivity contribution in [2.75, 3.05) is 0 Å². The van der Waals surface area contributed by atoms with Crippen molar-refractivity contribution in [3.8, 4) is 22.3 Å². The molecule has 0 unspecified atom stereocenters. The lowest BCUT2D eigenvalue weighted by Crippen LogP contribution is -1.90. The molecule has 0 N–H and O–H groups in total. The van der Waals surface area contributed by atoms with E-state index < -0.39 is 0 Å². The minimum absolute atomic E-state index is 1.15. The number of rotatable bonds is 2. The van der Waals surface area contributed by atoms with Gasteiger partial charge in [0.15, 0.2) is 0 Å². The summed E-state index contributed by atoms with van der Waals surface area (Å²) in [6, 6.07) is 23.6. The minimum atomic E-state index is 1.15. The zero-order valence-electron chi connectivity index (χ0n) is 12.2. The van der Waals surface area contributed by atoms with E-state index in [2.05, 4.69) is 96.5 Å². The Hall–Kier alpha value is -1.86. The maximum Gasteiger partial charge on any atom is 0.0256 e. The second-order valence-electron chi connectivity index (χ2n) is 5.33. The molecule has 1 heteroatoms. The highest BCUT2D eigenvalue weighted by molar-refractivity contribution is 9.10. The van der Waals surface area contributed by atoms with E-state index in [4.69, 9.17) is 0 Å². The first-order valence-electron chi connectivity index (χ1n) is 7.08. The van der Waals surface area contributed by atoms with Gasteiger partial charge in [-0.05, 0) is 59.4 Å². The average molecular weight is 337 g/mol. The highest BCUT2D eigenvalue weighted by Gasteiger charge is 2.10. The van der Waals surface area contributed by atoms with Crippen molar-refractivity contribution in [1.29, 1.82) is 0 Å². The quantitative estimate of drug-likeness (QED) is 0.507. The zero-order chi connectivity index (χ0) is 14.8. The first-order chi connectivity index (χ1) is 10.2. The van der Waals surface area contributed by atoms with Gasteiger partial charge in [-0.15, -0.1) is 0 Å². The lowest BCUT2D eigenvalue weighted by molar-refractivity contribution is 1.39. The van der Waals surface area contributed by atoms with Crippen LogP contribution in [0.5, 0.6) is 0 Å². The molecule has 0 aliphatic heterocycles. The van der Waals surface area contributed by atoms with Crippen LogP contribution < -0.4 is 0 Å². The molecule has 0 fully saturated rings. The molecule has 0 atom stereocenters. The number of hydrogen-bond acceptors (Lipinski definition) is 0. The van der Waals surface area contributed by atoms with E-state index in [0.717, 1.165) is 4.47 Å². The van der Waals surface area contributed by atoms with E-state index in [1.807, 2.05) is 0 Å². The van der Waals surface area contributed by atoms with Crippen LogP contribution in [0.15, 0.2) is 71.2 Å². The van der Waals surface area contributed by atoms with E-state index in [1.54, 1.807) is 0 Å². The molecule has 0 heterocycles. The molecule has 0 aliphatic rings. The fourth-order valence-corrected chi connectivity index (χ4v) is 3.35. The van der Waals surface area contributed by atoms with Crippen molar-refractivity contribution < 1.29 is 0 Å². The summed E-state index contributed by atoms with van der Waals surface area (Å²) < 4.78 is 1.15. The van der Waals surface area contributed by atoms with Gasteiger partial charge in [-0.2, -0.15) is 0 Å². The molecule has 0 aromatic heterocycles. The van der Waals surface area contributed by atoms with Crippen LogP contribution in [0, 0.1) is 13.8 Å². The number of hydrogen-bond donors (Lipinski definition) is 0. The molecule has 0 radical (unpaired) electrons. The van der Waals surface area contributed by atoms with Crippen molar-refractivity contribution in [3.63, 3.8) is 0 Å². The van der Waals surface area contributed by atoms with Crippen molar-refractivity contribution in [3.05, 3.63) is 82.3 Å². The van der Waals surface area contributed by atoms with Gasteiger partial charge in [0.05, 0.1) is 0 Å². The molecular formula is C20H17Br. The minimum Gasteiger partial charge on any atom is -0.0622 e. The third kappa shape index (κ3) is 2.79. The summed E-state index contributed by atoms with van der Waals surface area (Å²) in [6.45, 7) is 4.33. The Morgan fingerprint density at radius 2 is 1.43 bits per heavy atom. The molecule has 0 amide bonds. The molecular weight excluding hydrogens is 320 g/mol. The molecule has 104 valence electrons. The molecule has 0 bridgehead atoms. The fourth-order valence-electron chi connectivity index (χ4n) is 2.67. The predicted molar refractivity (Wildman–Crippen MR) is 94.5 cm³/mol. The first-order valence-corrected chi connectivity index (χ1v) is 7.87. The van der Waals surface area contributed by atoms with E-state index >= 15 is 0 Å². The van der Waals surface area contributed by atoms with Crippen LogP contribution >= 0.6 is 15.9 Å². The summed E-state index contributed by atoms with van der Waals surface area (Å²) >= 11 is 3.70. The topological polar surface area (TPSA) is 0 Å². The molecule has 0 spiro atoms. The van der Waals surface area contributed by atoms with Gasteiger partial charge in [-0.25, -0.2) is 0 Å². The van der Waals surface area contributed by atoms with Gasteiger partial charge in [0.1, 0.15) is 0 Å². The third-order valence-electron chi connectivity index (χ3n) is 3.84. The SMILES string of the molecule is Cc1ccc(-c2ccccc2)cc1-c1c(C)cccc1Br. The number of aryl methyl sites for hydroxylation is 2. The molecule has 0 aliphatic carbocycles. The normalized spacial score (nSPS) is 10.6. The molecule has 3 aromatic rings. The summed E-state index contributed by atoms with van der Waals surface area (Å²) in [6.07, 6.45) is 0. The summed E-state index contributed by atoms with van der Waals surface area (Å²) in [5.41, 5.74) is 7.67. The second kappa shape index (κ2) is 5.87. The maximum absolute atomic E-state index is 3.70. The second-order valence-corrected chi connectivity index (χ2v) is 6.18. The molecule has 0 saturated heterocycles. The van der Waals surface area contributed by atoms with Crippen molar-refractivity contribution in [1.82, 2.24) is 0 Å². The van der Waals surface area contributed by atoms with Gasteiger partial charge in [-0.1, -0.05) is 70.5 Å². The first kappa shape index (κ1) is 14.1. The Morgan fingerprint density at radius 3 is 2.14 bits per heavy atom. The maximum atomic E-state index is 3.70. The molecule has 3 rings (SSSR count). The highest BCUT2D eigenvalue weighted by Crippen LogP contribution is 2.35. The Labute approximate surface area is 134 Å². The summed E-state index contributed by atoms with van der Waals surface area (Å²) in [7, 11) is 0. The highest BCUT2D eigenvalue weighted by atomic mass is 79.9. The van der Waals surface area contributed by atoms with E-state index in [-0.39, 0.29) is 0 Å². The number of benzene rings is 3. The lowest BCUT2D eigenvalue weighted by Gasteiger charge is -2.13. The molecule has 0 nitrogen and oxygen atoms in total. The zero-order valence-corrected chi connectivity index (χ0v) is 13.8. The van der Waals surface area contributed by atoms with Crippen LogP contribution in [0.2, 0.25) is 0 Å². The summed E-state index contributed by atoms with van der Waals surface area (Å²) in [5, 5.41) is 0. The van der Waals surface area contributed by atoms with Gasteiger partial charge in [0.2, 0.25) is 0 Å². The van der Waals surface area contributed by atoms with Crippen LogP contribution in [-0.4, -0.2) is 0 Å². The van der Waals surface area contributed by atoms with E-state index in [1.165, 1.54) is 33.4 Å². The van der Waals surface area contributed by atoms with Gasteiger partial charge < -0.3 is 0 Å². The molecule has 0 saturated carbocycles. The van der Waals surface area contributed by atoms with E-state index in [9.17, 15) is 0 Å². The van der Waals surface area contributed by atoms with Crippen LogP contribution in [0.3, 0.4) is 0 Å². The van der Waals surface area contributed by atoms with Crippen molar-refractivity contribution >= 4 is 15.9 Å². The van der Waals surface area contributed by atoms with Crippen molar-refractivity contribution in [2.24, 2.45) is 0 Å². The van der Waals surface area contributed by atoms with Gasteiger partial charge in [-0.3, -0.25) is 0 Å². The lowest BCUT2D eigenvalue weighted by atomic mass is 9.93. The van der Waals surface area contributed by atoms with Gasteiger partial charge in [0, 0.05) is 4.47 Å². The molecule has 21 heavy (non-hydrogen) atoms. The average Bonchev–Trinajstić information content (AvgIpc) is 2.50. The van der Waals surface area contributed by atoms with E-state index in [0.29, 0.717) is 0 Å². The summed E-state index contributed by atoms with van der Waals surface area (Å²) in [4.78, 5) is 0. The Morgan fingerprint density at radius 1 is 0.667 bits per heavy atom. The third-order valence-corrected chi connectivity index (χ3v) is 4.50. The Balaban J connectivity index is 2.20. The van der Waals surface area contributed by atoms with Crippen LogP contribution in [0.1, 0.15) is 11.1 Å². The van der Waals surface area contributed by atoms with Gasteiger partial charge >= 0.3 is 0 Å². The molecule has 3 aromatic carbocycles. The van der Waals surface area contributed by atoms with Crippen molar-refractivity contribution in [2.45, 2.75) is 13.8 Å². The summed E-state index contributed by atoms with van der Waals surface area (Å²) in [5.74, 6) is 0. The Kier molecular flexibility index (Phi) is 3.94. The van der Waals surface area contributed by atoms with Crippen LogP contribution in [0.25, 0.3) is 22.3 Å².